The van der Waals surface area contributed by atoms with E-state index in [9.17, 15) is 10.1 Å². The highest BCUT2D eigenvalue weighted by Crippen LogP contribution is 2.32. The molecule has 0 bridgehead atoms. The van der Waals surface area contributed by atoms with E-state index in [-0.39, 0.29) is 43.6 Å². The van der Waals surface area contributed by atoms with Gasteiger partial charge in [-0.25, -0.2) is 0 Å². The first-order valence-electron chi connectivity index (χ1n) is 19.3. The van der Waals surface area contributed by atoms with Crippen LogP contribution in [0.2, 0.25) is 6.82 Å². The van der Waals surface area contributed by atoms with Crippen LogP contribution in [0.1, 0.15) is 47.9 Å². The molecule has 2 heterocycles. The number of aromatic hydroxyl groups is 1. The number of phenols is 1. The molecular formula is C43H59BBrClN2O7. The number of ether oxygens (including phenoxy) is 3. The van der Waals surface area contributed by atoms with Crippen molar-refractivity contribution >= 4 is 35.4 Å². The van der Waals surface area contributed by atoms with Crippen LogP contribution in [0.4, 0.5) is 0 Å². The van der Waals surface area contributed by atoms with E-state index in [2.05, 4.69) is 75.8 Å². The molecule has 9 nitrogen and oxygen atoms in total. The second-order valence-corrected chi connectivity index (χ2v) is 14.4. The highest BCUT2D eigenvalue weighted by molar-refractivity contribution is 9.09. The Balaban J connectivity index is 0.000000242. The SMILES string of the molecule is BrCCc1ccccc1.CB(O)N(CCCO)CC1CCc2ccc(O)cc2O1.Cl.OCCCNCC1CCc2ccc(OCCc3ccccc3)cc2O1. The zero-order chi connectivity index (χ0) is 38.4. The lowest BCUT2D eigenvalue weighted by Gasteiger charge is -2.32. The number of hydrogen-bond acceptors (Lipinski definition) is 9. The minimum Gasteiger partial charge on any atom is -0.508 e. The number of hydrogen-bond donors (Lipinski definition) is 5. The summed E-state index contributed by atoms with van der Waals surface area (Å²) in [6, 6.07) is 32.2. The van der Waals surface area contributed by atoms with Crippen molar-refractivity contribution in [3.63, 3.8) is 0 Å². The summed E-state index contributed by atoms with van der Waals surface area (Å²) < 4.78 is 17.9. The van der Waals surface area contributed by atoms with Crippen molar-refractivity contribution in [3.05, 3.63) is 119 Å². The molecule has 2 unspecified atom stereocenters. The molecule has 2 aliphatic heterocycles. The van der Waals surface area contributed by atoms with Crippen LogP contribution in [0.5, 0.6) is 23.0 Å². The molecule has 0 radical (unpaired) electrons. The van der Waals surface area contributed by atoms with Crippen LogP contribution in [0, 0.1) is 0 Å². The smallest absolute Gasteiger partial charge is 0.376 e. The summed E-state index contributed by atoms with van der Waals surface area (Å²) in [6.45, 7) is 5.63. The van der Waals surface area contributed by atoms with Gasteiger partial charge in [0.05, 0.1) is 6.61 Å². The molecule has 0 fully saturated rings. The first-order valence-corrected chi connectivity index (χ1v) is 20.4. The predicted octanol–water partition coefficient (Wildman–Crippen LogP) is 6.90. The van der Waals surface area contributed by atoms with E-state index < -0.39 is 7.05 Å². The van der Waals surface area contributed by atoms with Gasteiger partial charge < -0.3 is 44.7 Å². The number of nitrogens with one attached hydrogen (secondary N) is 1. The molecule has 300 valence electrons. The van der Waals surface area contributed by atoms with Gasteiger partial charge in [-0.2, -0.15) is 0 Å². The van der Waals surface area contributed by atoms with Crippen molar-refractivity contribution in [2.24, 2.45) is 0 Å². The van der Waals surface area contributed by atoms with E-state index in [1.54, 1.807) is 19.0 Å². The standard InChI is InChI=1S/C21H27NO3.C14H22BNO4.C8H9Br.ClH/c23-13-4-12-22-16-20-10-8-18-7-9-19(15-21(18)25-20)24-14-11-17-5-2-1-3-6-17;1-15(19)16(7-2-8-17)10-13-6-4-11-3-5-12(18)9-14(11)20-13;9-7-6-8-4-2-1-3-5-8;/h1-3,5-7,9,15,20,22-23H,4,8,10-14,16H2;3,5,9,13,17-19H,2,4,6-8,10H2,1H3;1-5H,6-7H2;1H. The lowest BCUT2D eigenvalue weighted by molar-refractivity contribution is 0.136. The molecule has 6 rings (SSSR count). The maximum absolute atomic E-state index is 9.76. The van der Waals surface area contributed by atoms with E-state index >= 15 is 0 Å². The molecule has 4 aromatic rings. The van der Waals surface area contributed by atoms with Crippen LogP contribution >= 0.6 is 28.3 Å². The highest BCUT2D eigenvalue weighted by Gasteiger charge is 2.25. The zero-order valence-electron chi connectivity index (χ0n) is 32.0. The largest absolute Gasteiger partial charge is 0.508 e. The Morgan fingerprint density at radius 2 is 1.40 bits per heavy atom. The summed E-state index contributed by atoms with van der Waals surface area (Å²) in [4.78, 5) is 1.90. The van der Waals surface area contributed by atoms with Gasteiger partial charge in [0.1, 0.15) is 35.2 Å². The molecule has 0 saturated heterocycles. The summed E-state index contributed by atoms with van der Waals surface area (Å²) in [5.74, 6) is 2.74. The molecule has 4 aromatic carbocycles. The van der Waals surface area contributed by atoms with E-state index in [1.807, 2.05) is 35.1 Å². The number of fused-ring (bicyclic) bond motifs is 2. The van der Waals surface area contributed by atoms with Crippen LogP contribution in [0.15, 0.2) is 97.1 Å². The number of halogens is 2. The van der Waals surface area contributed by atoms with Gasteiger partial charge in [-0.05, 0) is 99.2 Å². The summed E-state index contributed by atoms with van der Waals surface area (Å²) in [7, 11) is -0.560. The van der Waals surface area contributed by atoms with Crippen molar-refractivity contribution in [2.75, 3.05) is 51.3 Å². The molecule has 0 amide bonds. The molecule has 0 saturated carbocycles. The first kappa shape index (κ1) is 46.1. The van der Waals surface area contributed by atoms with Gasteiger partial charge in [0, 0.05) is 50.2 Å². The maximum Gasteiger partial charge on any atom is 0.376 e. The fourth-order valence-corrected chi connectivity index (χ4v) is 6.76. The van der Waals surface area contributed by atoms with Gasteiger partial charge in [-0.3, -0.25) is 0 Å². The van der Waals surface area contributed by atoms with Crippen LogP contribution in [0.3, 0.4) is 0 Å². The topological polar surface area (TPSA) is 124 Å². The molecule has 12 heteroatoms. The average Bonchev–Trinajstić information content (AvgIpc) is 3.19. The lowest BCUT2D eigenvalue weighted by Crippen LogP contribution is -2.45. The van der Waals surface area contributed by atoms with Crippen molar-refractivity contribution in [2.45, 2.75) is 70.4 Å². The third-order valence-corrected chi connectivity index (χ3v) is 9.73. The highest BCUT2D eigenvalue weighted by atomic mass is 79.9. The van der Waals surface area contributed by atoms with Crippen molar-refractivity contribution in [1.29, 1.82) is 0 Å². The van der Waals surface area contributed by atoms with E-state index in [4.69, 9.17) is 24.4 Å². The molecule has 2 aliphatic rings. The quantitative estimate of drug-likeness (QED) is 0.0439. The lowest BCUT2D eigenvalue weighted by atomic mass is 9.84. The Morgan fingerprint density at radius 1 is 0.800 bits per heavy atom. The number of aliphatic hydroxyl groups is 2. The summed E-state index contributed by atoms with van der Waals surface area (Å²) >= 11 is 3.39. The number of aryl methyl sites for hydroxylation is 3. The van der Waals surface area contributed by atoms with Gasteiger partial charge in [0.15, 0.2) is 0 Å². The van der Waals surface area contributed by atoms with Crippen LogP contribution in [0.25, 0.3) is 0 Å². The number of benzene rings is 4. The summed E-state index contributed by atoms with van der Waals surface area (Å²) in [5.41, 5.74) is 5.04. The van der Waals surface area contributed by atoms with Crippen LogP contribution in [-0.2, 0) is 25.7 Å². The third kappa shape index (κ3) is 17.2. The van der Waals surface area contributed by atoms with Gasteiger partial charge in [-0.1, -0.05) is 88.7 Å². The second-order valence-electron chi connectivity index (χ2n) is 13.6. The van der Waals surface area contributed by atoms with Crippen molar-refractivity contribution in [1.82, 2.24) is 10.1 Å². The number of alkyl halides is 1. The Labute approximate surface area is 342 Å². The van der Waals surface area contributed by atoms with Crippen LogP contribution in [-0.4, -0.2) is 95.7 Å². The van der Waals surface area contributed by atoms with Crippen LogP contribution < -0.4 is 19.5 Å². The first-order chi connectivity index (χ1) is 26.4. The monoisotopic (exact) mass is 840 g/mol. The molecule has 2 atom stereocenters. The normalized spacial score (nSPS) is 15.3. The molecule has 55 heavy (non-hydrogen) atoms. The number of rotatable bonds is 17. The minimum atomic E-state index is -0.560. The predicted molar refractivity (Wildman–Crippen MR) is 229 cm³/mol. The van der Waals surface area contributed by atoms with E-state index in [0.29, 0.717) is 26.1 Å². The Kier molecular flexibility index (Phi) is 22.3. The average molecular weight is 842 g/mol. The number of phenolic OH excluding ortho intramolecular Hbond substituents is 1. The third-order valence-electron chi connectivity index (χ3n) is 9.33. The fourth-order valence-electron chi connectivity index (χ4n) is 6.30. The van der Waals surface area contributed by atoms with Gasteiger partial charge in [-0.15, -0.1) is 12.4 Å². The Hall–Kier alpha value is -3.29. The summed E-state index contributed by atoms with van der Waals surface area (Å²) in [5, 5.41) is 41.4. The van der Waals surface area contributed by atoms with Gasteiger partial charge in [0.25, 0.3) is 0 Å². The number of aliphatic hydroxyl groups excluding tert-OH is 2. The number of nitrogens with zero attached hydrogens (tertiary/aromatic N) is 1. The Bertz CT molecular complexity index is 1610. The molecule has 0 aromatic heterocycles. The van der Waals surface area contributed by atoms with E-state index in [1.165, 1.54) is 16.7 Å². The van der Waals surface area contributed by atoms with Crippen molar-refractivity contribution < 1.29 is 34.6 Å². The molecule has 0 aliphatic carbocycles. The summed E-state index contributed by atoms with van der Waals surface area (Å²) in [6.07, 6.45) is 7.48. The van der Waals surface area contributed by atoms with Gasteiger partial charge >= 0.3 is 7.05 Å². The van der Waals surface area contributed by atoms with E-state index in [0.717, 1.165) is 86.2 Å². The zero-order valence-corrected chi connectivity index (χ0v) is 34.4. The molecule has 0 spiro atoms. The minimum absolute atomic E-state index is 0. The van der Waals surface area contributed by atoms with Crippen molar-refractivity contribution in [3.8, 4) is 23.0 Å². The second kappa shape index (κ2) is 26.5. The fraction of sp³-hybridized carbons (Fsp3) is 0.442. The maximum atomic E-state index is 9.76. The Morgan fingerprint density at radius 3 is 2.04 bits per heavy atom. The molecular weight excluding hydrogens is 783 g/mol. The molecule has 5 N–H and O–H groups in total. The van der Waals surface area contributed by atoms with Gasteiger partial charge in [0.2, 0.25) is 0 Å².